The summed E-state index contributed by atoms with van der Waals surface area (Å²) in [6.07, 6.45) is 2.99. The molecule has 2 heterocycles. The Morgan fingerprint density at radius 3 is 2.73 bits per heavy atom. The van der Waals surface area contributed by atoms with E-state index >= 15 is 0 Å². The lowest BCUT2D eigenvalue weighted by Gasteiger charge is -2.25. The first-order chi connectivity index (χ1) is 10.8. The third-order valence-electron chi connectivity index (χ3n) is 4.00. The van der Waals surface area contributed by atoms with Crippen LogP contribution in [0.3, 0.4) is 0 Å². The van der Waals surface area contributed by atoms with Crippen molar-refractivity contribution in [2.45, 2.75) is 19.5 Å². The van der Waals surface area contributed by atoms with Crippen LogP contribution in [0.1, 0.15) is 17.7 Å². The fourth-order valence-electron chi connectivity index (χ4n) is 2.87. The van der Waals surface area contributed by atoms with Crippen LogP contribution in [-0.4, -0.2) is 29.6 Å². The first-order valence-electron chi connectivity index (χ1n) is 7.74. The van der Waals surface area contributed by atoms with E-state index in [9.17, 15) is 0 Å². The van der Waals surface area contributed by atoms with Crippen LogP contribution >= 0.6 is 11.6 Å². The van der Waals surface area contributed by atoms with Crippen LogP contribution in [0.4, 0.5) is 0 Å². The number of rotatable bonds is 6. The normalized spacial score (nSPS) is 18.0. The number of aromatic nitrogens is 1. The first kappa shape index (κ1) is 15.5. The van der Waals surface area contributed by atoms with Crippen LogP contribution in [0.15, 0.2) is 48.7 Å². The highest BCUT2D eigenvalue weighted by atomic mass is 35.5. The van der Waals surface area contributed by atoms with Gasteiger partial charge in [0.15, 0.2) is 0 Å². The maximum atomic E-state index is 6.32. The van der Waals surface area contributed by atoms with Crippen LogP contribution < -0.4 is 0 Å². The monoisotopic (exact) mass is 316 g/mol. The molecule has 1 saturated heterocycles. The van der Waals surface area contributed by atoms with Gasteiger partial charge in [0.25, 0.3) is 0 Å². The Morgan fingerprint density at radius 1 is 1.14 bits per heavy atom. The summed E-state index contributed by atoms with van der Waals surface area (Å²) >= 11 is 6.32. The van der Waals surface area contributed by atoms with Gasteiger partial charge >= 0.3 is 0 Å². The Morgan fingerprint density at radius 2 is 2.00 bits per heavy atom. The van der Waals surface area contributed by atoms with Gasteiger partial charge in [-0.3, -0.25) is 9.88 Å². The van der Waals surface area contributed by atoms with Crippen molar-refractivity contribution >= 4 is 11.6 Å². The number of ether oxygens (including phenoxy) is 1. The fourth-order valence-corrected chi connectivity index (χ4v) is 3.06. The molecule has 0 spiro atoms. The molecule has 22 heavy (non-hydrogen) atoms. The predicted octanol–water partition coefficient (Wildman–Crippen LogP) is 3.77. The molecule has 2 aromatic rings. The highest BCUT2D eigenvalue weighted by molar-refractivity contribution is 6.31. The number of halogens is 1. The Labute approximate surface area is 136 Å². The highest BCUT2D eigenvalue weighted by Gasteiger charge is 2.20. The molecule has 0 unspecified atom stereocenters. The Hall–Kier alpha value is -1.42. The summed E-state index contributed by atoms with van der Waals surface area (Å²) in [7, 11) is 0. The molecule has 3 rings (SSSR count). The Bertz CT molecular complexity index is 585. The van der Waals surface area contributed by atoms with Crippen molar-refractivity contribution in [1.82, 2.24) is 9.88 Å². The van der Waals surface area contributed by atoms with Crippen LogP contribution in [0, 0.1) is 5.92 Å². The molecule has 0 N–H and O–H groups in total. The summed E-state index contributed by atoms with van der Waals surface area (Å²) in [5, 5.41) is 0.830. The minimum absolute atomic E-state index is 0.603. The van der Waals surface area contributed by atoms with Crippen molar-refractivity contribution < 1.29 is 4.74 Å². The second-order valence-corrected chi connectivity index (χ2v) is 6.22. The van der Waals surface area contributed by atoms with Gasteiger partial charge in [0.2, 0.25) is 0 Å². The predicted molar refractivity (Wildman–Crippen MR) is 88.7 cm³/mol. The van der Waals surface area contributed by atoms with E-state index in [1.54, 1.807) is 0 Å². The first-order valence-corrected chi connectivity index (χ1v) is 8.12. The van der Waals surface area contributed by atoms with Crippen LogP contribution in [0.25, 0.3) is 0 Å². The molecule has 0 saturated carbocycles. The summed E-state index contributed by atoms with van der Waals surface area (Å²) < 4.78 is 5.51. The summed E-state index contributed by atoms with van der Waals surface area (Å²) in [6, 6.07) is 14.1. The molecule has 1 aliphatic heterocycles. The zero-order valence-corrected chi connectivity index (χ0v) is 13.4. The van der Waals surface area contributed by atoms with E-state index in [4.69, 9.17) is 16.3 Å². The minimum Gasteiger partial charge on any atom is -0.381 e. The lowest BCUT2D eigenvalue weighted by Crippen LogP contribution is -2.29. The van der Waals surface area contributed by atoms with E-state index in [0.29, 0.717) is 5.92 Å². The van der Waals surface area contributed by atoms with Crippen molar-refractivity contribution in [3.63, 3.8) is 0 Å². The SMILES string of the molecule is Clc1ccccc1CN(Cc1ccccn1)C[C@H]1CCOC1. The van der Waals surface area contributed by atoms with Gasteiger partial charge in [-0.25, -0.2) is 0 Å². The number of nitrogens with zero attached hydrogens (tertiary/aromatic N) is 2. The molecule has 0 amide bonds. The second kappa shape index (κ2) is 7.73. The van der Waals surface area contributed by atoms with Crippen LogP contribution in [-0.2, 0) is 17.8 Å². The van der Waals surface area contributed by atoms with Gasteiger partial charge in [-0.15, -0.1) is 0 Å². The lowest BCUT2D eigenvalue weighted by atomic mass is 10.1. The maximum Gasteiger partial charge on any atom is 0.0544 e. The molecule has 1 fully saturated rings. The average Bonchev–Trinajstić information content (AvgIpc) is 3.03. The van der Waals surface area contributed by atoms with E-state index < -0.39 is 0 Å². The van der Waals surface area contributed by atoms with Gasteiger partial charge in [0.1, 0.15) is 0 Å². The van der Waals surface area contributed by atoms with Gasteiger partial charge in [0.05, 0.1) is 12.3 Å². The van der Waals surface area contributed by atoms with E-state index in [0.717, 1.165) is 50.0 Å². The molecule has 1 atom stereocenters. The van der Waals surface area contributed by atoms with E-state index in [2.05, 4.69) is 22.0 Å². The Balaban J connectivity index is 1.71. The number of hydrogen-bond acceptors (Lipinski definition) is 3. The van der Waals surface area contributed by atoms with Crippen molar-refractivity contribution in [1.29, 1.82) is 0 Å². The second-order valence-electron chi connectivity index (χ2n) is 5.81. The molecule has 1 aromatic carbocycles. The number of hydrogen-bond donors (Lipinski definition) is 0. The van der Waals surface area contributed by atoms with Crippen LogP contribution in [0.5, 0.6) is 0 Å². The van der Waals surface area contributed by atoms with Gasteiger partial charge in [-0.2, -0.15) is 0 Å². The molecule has 3 nitrogen and oxygen atoms in total. The molecule has 4 heteroatoms. The quantitative estimate of drug-likeness (QED) is 0.811. The van der Waals surface area contributed by atoms with E-state index in [1.165, 1.54) is 5.56 Å². The molecule has 0 bridgehead atoms. The molecule has 1 aromatic heterocycles. The zero-order valence-electron chi connectivity index (χ0n) is 12.6. The standard InChI is InChI=1S/C18H21ClN2O/c19-18-7-2-1-5-16(18)12-21(11-15-8-10-22-14-15)13-17-6-3-4-9-20-17/h1-7,9,15H,8,10-14H2/t15-/m1/s1. The van der Waals surface area contributed by atoms with Crippen molar-refractivity contribution in [3.8, 4) is 0 Å². The van der Waals surface area contributed by atoms with Gasteiger partial charge < -0.3 is 4.74 Å². The molecule has 1 aliphatic rings. The van der Waals surface area contributed by atoms with Gasteiger partial charge in [0, 0.05) is 37.5 Å². The summed E-state index contributed by atoms with van der Waals surface area (Å²) in [5.74, 6) is 0.603. The van der Waals surface area contributed by atoms with Crippen LogP contribution in [0.2, 0.25) is 5.02 Å². The van der Waals surface area contributed by atoms with Crippen molar-refractivity contribution in [3.05, 3.63) is 64.9 Å². The average molecular weight is 317 g/mol. The summed E-state index contributed by atoms with van der Waals surface area (Å²) in [5.41, 5.74) is 2.26. The molecule has 0 aliphatic carbocycles. The lowest BCUT2D eigenvalue weighted by molar-refractivity contribution is 0.161. The molecular formula is C18H21ClN2O. The van der Waals surface area contributed by atoms with Gasteiger partial charge in [-0.05, 0) is 36.1 Å². The van der Waals surface area contributed by atoms with E-state index in [-0.39, 0.29) is 0 Å². The smallest absolute Gasteiger partial charge is 0.0544 e. The fraction of sp³-hybridized carbons (Fsp3) is 0.389. The third kappa shape index (κ3) is 4.29. The molecule has 116 valence electrons. The topological polar surface area (TPSA) is 25.4 Å². The van der Waals surface area contributed by atoms with Gasteiger partial charge in [-0.1, -0.05) is 35.9 Å². The molecule has 0 radical (unpaired) electrons. The third-order valence-corrected chi connectivity index (χ3v) is 4.37. The minimum atomic E-state index is 0.603. The summed E-state index contributed by atoms with van der Waals surface area (Å²) in [4.78, 5) is 6.87. The van der Waals surface area contributed by atoms with Crippen molar-refractivity contribution in [2.24, 2.45) is 5.92 Å². The van der Waals surface area contributed by atoms with E-state index in [1.807, 2.05) is 36.5 Å². The Kier molecular flexibility index (Phi) is 5.43. The number of benzene rings is 1. The van der Waals surface area contributed by atoms with Crippen molar-refractivity contribution in [2.75, 3.05) is 19.8 Å². The summed E-state index contributed by atoms with van der Waals surface area (Å²) in [6.45, 7) is 4.44. The maximum absolute atomic E-state index is 6.32. The zero-order chi connectivity index (χ0) is 15.2. The highest BCUT2D eigenvalue weighted by Crippen LogP contribution is 2.21. The molecular weight excluding hydrogens is 296 g/mol. The number of pyridine rings is 1. The largest absolute Gasteiger partial charge is 0.381 e.